The van der Waals surface area contributed by atoms with Gasteiger partial charge in [0.25, 0.3) is 0 Å². The fourth-order valence-electron chi connectivity index (χ4n) is 4.25. The molecule has 0 aliphatic carbocycles. The lowest BCUT2D eigenvalue weighted by Gasteiger charge is -2.24. The van der Waals surface area contributed by atoms with Crippen LogP contribution >= 0.6 is 0 Å². The Bertz CT molecular complexity index is 1080. The van der Waals surface area contributed by atoms with Gasteiger partial charge in [0.15, 0.2) is 0 Å². The predicted molar refractivity (Wildman–Crippen MR) is 160 cm³/mol. The minimum absolute atomic E-state index is 0.0692. The monoisotopic (exact) mass is 564 g/mol. The fourth-order valence-corrected chi connectivity index (χ4v) is 4.25. The summed E-state index contributed by atoms with van der Waals surface area (Å²) in [5, 5.41) is 14.8. The van der Waals surface area contributed by atoms with Gasteiger partial charge >= 0.3 is 5.97 Å². The molecule has 8 nitrogen and oxygen atoms in total. The van der Waals surface area contributed by atoms with E-state index in [-0.39, 0.29) is 56.4 Å². The van der Waals surface area contributed by atoms with Crippen LogP contribution in [-0.2, 0) is 36.9 Å². The molecular weight excluding hydrogens is 520 g/mol. The molecule has 222 valence electrons. The SMILES string of the molecule is C=CCC[C@H](Cc1ccccc1)C(=O)OC[C@H](COCc1ccccc1)NC(=O)[C@@H](CC=C)CC(=O)N[C@H](C)CO. The number of hydrogen-bond acceptors (Lipinski definition) is 6. The van der Waals surface area contributed by atoms with Gasteiger partial charge in [0, 0.05) is 12.5 Å². The average molecular weight is 565 g/mol. The van der Waals surface area contributed by atoms with E-state index in [0.717, 1.165) is 11.1 Å². The Morgan fingerprint density at radius 3 is 2.17 bits per heavy atom. The zero-order valence-electron chi connectivity index (χ0n) is 24.0. The van der Waals surface area contributed by atoms with Crippen molar-refractivity contribution >= 4 is 17.8 Å². The van der Waals surface area contributed by atoms with Crippen molar-refractivity contribution in [1.29, 1.82) is 0 Å². The molecule has 0 aliphatic heterocycles. The first-order chi connectivity index (χ1) is 19.9. The molecule has 2 amide bonds. The second kappa shape index (κ2) is 19.3. The normalized spacial score (nSPS) is 13.7. The molecule has 0 fully saturated rings. The average Bonchev–Trinajstić information content (AvgIpc) is 2.98. The van der Waals surface area contributed by atoms with E-state index < -0.39 is 18.0 Å². The minimum atomic E-state index is -0.677. The van der Waals surface area contributed by atoms with E-state index in [1.807, 2.05) is 60.7 Å². The number of carbonyl (C=O) groups excluding carboxylic acids is 3. The van der Waals surface area contributed by atoms with Crippen LogP contribution in [0.4, 0.5) is 0 Å². The van der Waals surface area contributed by atoms with Gasteiger partial charge in [0.2, 0.25) is 11.8 Å². The number of ether oxygens (including phenoxy) is 2. The highest BCUT2D eigenvalue weighted by Gasteiger charge is 2.26. The summed E-state index contributed by atoms with van der Waals surface area (Å²) in [4.78, 5) is 38.8. The molecule has 0 radical (unpaired) electrons. The molecule has 3 N–H and O–H groups in total. The number of aliphatic hydroxyl groups excluding tert-OH is 1. The predicted octanol–water partition coefficient (Wildman–Crippen LogP) is 4.14. The molecule has 0 aromatic heterocycles. The summed E-state index contributed by atoms with van der Waals surface area (Å²) in [7, 11) is 0. The van der Waals surface area contributed by atoms with E-state index >= 15 is 0 Å². The third-order valence-corrected chi connectivity index (χ3v) is 6.52. The number of rotatable bonds is 20. The third-order valence-electron chi connectivity index (χ3n) is 6.52. The zero-order valence-corrected chi connectivity index (χ0v) is 24.0. The third kappa shape index (κ3) is 13.4. The highest BCUT2D eigenvalue weighted by molar-refractivity contribution is 5.86. The maximum absolute atomic E-state index is 13.2. The molecule has 2 aromatic rings. The van der Waals surface area contributed by atoms with Crippen LogP contribution < -0.4 is 10.6 Å². The molecular formula is C33H44N2O6. The van der Waals surface area contributed by atoms with Crippen LogP contribution in [0.25, 0.3) is 0 Å². The number of carbonyl (C=O) groups is 3. The van der Waals surface area contributed by atoms with Gasteiger partial charge in [-0.15, -0.1) is 13.2 Å². The lowest BCUT2D eigenvalue weighted by molar-refractivity contribution is -0.150. The first-order valence-electron chi connectivity index (χ1n) is 14.1. The number of amides is 2. The number of esters is 1. The largest absolute Gasteiger partial charge is 0.463 e. The van der Waals surface area contributed by atoms with Crippen LogP contribution in [-0.4, -0.2) is 54.8 Å². The smallest absolute Gasteiger partial charge is 0.309 e. The molecule has 0 saturated heterocycles. The second-order valence-corrected chi connectivity index (χ2v) is 10.2. The van der Waals surface area contributed by atoms with E-state index in [4.69, 9.17) is 9.47 Å². The topological polar surface area (TPSA) is 114 Å². The molecule has 2 rings (SSSR count). The van der Waals surface area contributed by atoms with E-state index in [1.54, 1.807) is 19.1 Å². The highest BCUT2D eigenvalue weighted by atomic mass is 16.5. The van der Waals surface area contributed by atoms with Gasteiger partial charge in [-0.1, -0.05) is 72.8 Å². The van der Waals surface area contributed by atoms with Gasteiger partial charge in [0.1, 0.15) is 6.61 Å². The zero-order chi connectivity index (χ0) is 29.9. The quantitative estimate of drug-likeness (QED) is 0.165. The number of benzene rings is 2. The van der Waals surface area contributed by atoms with Crippen molar-refractivity contribution in [2.24, 2.45) is 11.8 Å². The van der Waals surface area contributed by atoms with Gasteiger partial charge in [-0.25, -0.2) is 0 Å². The molecule has 8 heteroatoms. The standard InChI is InChI=1S/C33H44N2O6/c1-4-6-18-29(19-26-14-9-7-10-15-26)33(39)41-24-30(23-40-22-27-16-11-8-12-17-27)35-32(38)28(13-5-2)20-31(37)34-25(3)21-36/h4-5,7-12,14-17,25,28-30,36H,1-2,6,13,18-24H2,3H3,(H,34,37)(H,35,38)/t25-,28+,29-,30+/m1/s1. The molecule has 2 aromatic carbocycles. The summed E-state index contributed by atoms with van der Waals surface area (Å²) in [5.41, 5.74) is 2.01. The van der Waals surface area contributed by atoms with Crippen LogP contribution in [0.3, 0.4) is 0 Å². The van der Waals surface area contributed by atoms with Crippen LogP contribution in [0.5, 0.6) is 0 Å². The van der Waals surface area contributed by atoms with Crippen molar-refractivity contribution in [3.8, 4) is 0 Å². The Balaban J connectivity index is 2.08. The molecule has 41 heavy (non-hydrogen) atoms. The summed E-state index contributed by atoms with van der Waals surface area (Å²) in [5.74, 6) is -2.10. The number of hydrogen-bond donors (Lipinski definition) is 3. The molecule has 0 saturated carbocycles. The molecule has 0 bridgehead atoms. The summed E-state index contributed by atoms with van der Waals surface area (Å²) < 4.78 is 11.6. The van der Waals surface area contributed by atoms with Gasteiger partial charge in [-0.3, -0.25) is 14.4 Å². The van der Waals surface area contributed by atoms with Gasteiger partial charge in [0.05, 0.1) is 37.7 Å². The van der Waals surface area contributed by atoms with Crippen LogP contribution in [0, 0.1) is 11.8 Å². The maximum Gasteiger partial charge on any atom is 0.309 e. The van der Waals surface area contributed by atoms with E-state index in [9.17, 15) is 19.5 Å². The van der Waals surface area contributed by atoms with E-state index in [0.29, 0.717) is 25.9 Å². The summed E-state index contributed by atoms with van der Waals surface area (Å²) in [6.07, 6.45) is 5.39. The number of allylic oxidation sites excluding steroid dienone is 2. The summed E-state index contributed by atoms with van der Waals surface area (Å²) >= 11 is 0. The minimum Gasteiger partial charge on any atom is -0.463 e. The van der Waals surface area contributed by atoms with Crippen LogP contribution in [0.2, 0.25) is 0 Å². The van der Waals surface area contributed by atoms with E-state index in [2.05, 4.69) is 23.8 Å². The van der Waals surface area contributed by atoms with Crippen molar-refractivity contribution in [3.63, 3.8) is 0 Å². The molecule has 0 heterocycles. The number of aliphatic hydroxyl groups is 1. The van der Waals surface area contributed by atoms with Crippen molar-refractivity contribution < 1.29 is 29.0 Å². The first-order valence-corrected chi connectivity index (χ1v) is 14.1. The molecule has 0 aliphatic rings. The lowest BCUT2D eigenvalue weighted by atomic mass is 9.95. The van der Waals surface area contributed by atoms with E-state index in [1.165, 1.54) is 0 Å². The fraction of sp³-hybridized carbons (Fsp3) is 0.424. The second-order valence-electron chi connectivity index (χ2n) is 10.2. The Morgan fingerprint density at radius 2 is 1.56 bits per heavy atom. The van der Waals surface area contributed by atoms with Gasteiger partial charge in [-0.2, -0.15) is 0 Å². The molecule has 0 unspecified atom stereocenters. The summed E-state index contributed by atoms with van der Waals surface area (Å²) in [6.45, 7) is 9.32. The van der Waals surface area contributed by atoms with Crippen molar-refractivity contribution in [2.45, 2.75) is 57.7 Å². The molecule has 4 atom stereocenters. The molecule has 0 spiro atoms. The van der Waals surface area contributed by atoms with Crippen molar-refractivity contribution in [3.05, 3.63) is 97.1 Å². The highest BCUT2D eigenvalue weighted by Crippen LogP contribution is 2.17. The lowest BCUT2D eigenvalue weighted by Crippen LogP contribution is -2.46. The van der Waals surface area contributed by atoms with Gasteiger partial charge in [-0.05, 0) is 43.7 Å². The van der Waals surface area contributed by atoms with Crippen LogP contribution in [0.15, 0.2) is 86.0 Å². The Morgan fingerprint density at radius 1 is 0.902 bits per heavy atom. The first kappa shape index (κ1) is 33.5. The number of nitrogens with one attached hydrogen (secondary N) is 2. The van der Waals surface area contributed by atoms with Crippen molar-refractivity contribution in [2.75, 3.05) is 19.8 Å². The van der Waals surface area contributed by atoms with Crippen molar-refractivity contribution in [1.82, 2.24) is 10.6 Å². The Kier molecular flexibility index (Phi) is 15.8. The maximum atomic E-state index is 13.2. The summed E-state index contributed by atoms with van der Waals surface area (Å²) in [6, 6.07) is 18.3. The Hall–Kier alpha value is -3.75. The Labute approximate surface area is 243 Å². The van der Waals surface area contributed by atoms with Gasteiger partial charge < -0.3 is 25.2 Å². The van der Waals surface area contributed by atoms with Crippen LogP contribution in [0.1, 0.15) is 43.7 Å².